The normalized spacial score (nSPS) is 24.8. The lowest BCUT2D eigenvalue weighted by atomic mass is 9.95. The molecule has 11 heteroatoms. The van der Waals surface area contributed by atoms with E-state index in [0.717, 1.165) is 36.8 Å². The van der Waals surface area contributed by atoms with Gasteiger partial charge < -0.3 is 35.6 Å². The number of hydrogen-bond acceptors (Lipinski definition) is 9. The van der Waals surface area contributed by atoms with E-state index in [1.54, 1.807) is 35.4 Å². The van der Waals surface area contributed by atoms with Gasteiger partial charge in [0.15, 0.2) is 11.4 Å². The molecule has 1 aromatic heterocycles. The van der Waals surface area contributed by atoms with E-state index in [4.69, 9.17) is 25.4 Å². The summed E-state index contributed by atoms with van der Waals surface area (Å²) in [6, 6.07) is 1.01. The maximum atomic E-state index is 13.6. The Morgan fingerprint density at radius 1 is 1.22 bits per heavy atom. The molecule has 36 heavy (non-hydrogen) atoms. The molecule has 3 aliphatic rings. The number of nitrogens with zero attached hydrogens (tertiary/aromatic N) is 1. The SMILES string of the molecule is CC(C)(O)C1Cc2c(c3c4oc(cc(=O)c4c2OC2CCCC2)C(O)CC(N=C(N)N)CSSC3)O1. The molecule has 0 amide bonds. The molecule has 1 aromatic carbocycles. The lowest BCUT2D eigenvalue weighted by molar-refractivity contribution is -0.0231. The van der Waals surface area contributed by atoms with Gasteiger partial charge in [-0.3, -0.25) is 4.79 Å². The molecule has 3 heterocycles. The van der Waals surface area contributed by atoms with Crippen molar-refractivity contribution in [1.29, 1.82) is 0 Å². The fourth-order valence-electron chi connectivity index (χ4n) is 5.14. The maximum absolute atomic E-state index is 13.6. The minimum absolute atomic E-state index is 0.0151. The maximum Gasteiger partial charge on any atom is 0.196 e. The third-order valence-electron chi connectivity index (χ3n) is 7.02. The largest absolute Gasteiger partial charge is 0.489 e. The molecule has 3 unspecified atom stereocenters. The summed E-state index contributed by atoms with van der Waals surface area (Å²) in [7, 11) is 3.15. The minimum Gasteiger partial charge on any atom is -0.489 e. The Labute approximate surface area is 217 Å². The van der Waals surface area contributed by atoms with E-state index in [-0.39, 0.29) is 35.7 Å². The molecule has 9 nitrogen and oxygen atoms in total. The van der Waals surface area contributed by atoms with Crippen LogP contribution in [-0.4, -0.2) is 45.8 Å². The Kier molecular flexibility index (Phi) is 7.10. The molecule has 5 rings (SSSR count). The topological polar surface area (TPSA) is 154 Å². The van der Waals surface area contributed by atoms with Crippen LogP contribution in [-0.2, 0) is 12.2 Å². The average Bonchev–Trinajstić information content (AvgIpc) is 3.46. The van der Waals surface area contributed by atoms with Crippen LogP contribution in [0.15, 0.2) is 20.3 Å². The van der Waals surface area contributed by atoms with Crippen molar-refractivity contribution < 1.29 is 24.1 Å². The minimum atomic E-state index is -1.09. The molecule has 0 radical (unpaired) electrons. The molecule has 2 aliphatic heterocycles. The van der Waals surface area contributed by atoms with E-state index in [9.17, 15) is 15.0 Å². The Balaban J connectivity index is 1.69. The summed E-state index contributed by atoms with van der Waals surface area (Å²) in [5.74, 6) is 2.26. The van der Waals surface area contributed by atoms with E-state index in [1.807, 2.05) is 0 Å². The Bertz CT molecular complexity index is 1230. The number of fused-ring (bicyclic) bond motifs is 3. The summed E-state index contributed by atoms with van der Waals surface area (Å²) < 4.78 is 19.1. The molecule has 0 spiro atoms. The van der Waals surface area contributed by atoms with Crippen molar-refractivity contribution in [2.45, 2.75) is 88.1 Å². The average molecular weight is 536 g/mol. The molecule has 1 aliphatic carbocycles. The first-order valence-corrected chi connectivity index (χ1v) is 14.8. The van der Waals surface area contributed by atoms with E-state index < -0.39 is 17.8 Å². The molecular weight excluding hydrogens is 502 g/mol. The van der Waals surface area contributed by atoms with Crippen molar-refractivity contribution in [2.24, 2.45) is 16.5 Å². The van der Waals surface area contributed by atoms with Gasteiger partial charge in [-0.2, -0.15) is 0 Å². The number of benzene rings is 1. The number of rotatable bonds is 4. The van der Waals surface area contributed by atoms with Crippen LogP contribution in [0, 0.1) is 0 Å². The predicted octanol–water partition coefficient (Wildman–Crippen LogP) is 3.15. The van der Waals surface area contributed by atoms with E-state index in [1.165, 1.54) is 6.07 Å². The molecule has 1 fully saturated rings. The van der Waals surface area contributed by atoms with Crippen molar-refractivity contribution >= 4 is 38.5 Å². The first-order valence-electron chi connectivity index (χ1n) is 12.3. The van der Waals surface area contributed by atoms with Crippen molar-refractivity contribution in [3.63, 3.8) is 0 Å². The van der Waals surface area contributed by atoms with Gasteiger partial charge in [0.1, 0.15) is 40.4 Å². The van der Waals surface area contributed by atoms with Crippen LogP contribution >= 0.6 is 21.6 Å². The second kappa shape index (κ2) is 10.00. The highest BCUT2D eigenvalue weighted by molar-refractivity contribution is 8.76. The third kappa shape index (κ3) is 5.03. The van der Waals surface area contributed by atoms with Gasteiger partial charge in [0.05, 0.1) is 17.7 Å². The fraction of sp³-hybridized carbons (Fsp3) is 0.600. The summed E-state index contributed by atoms with van der Waals surface area (Å²) in [5.41, 5.74) is 11.7. The predicted molar refractivity (Wildman–Crippen MR) is 143 cm³/mol. The lowest BCUT2D eigenvalue weighted by Gasteiger charge is -2.24. The lowest BCUT2D eigenvalue weighted by Crippen LogP contribution is -2.39. The van der Waals surface area contributed by atoms with E-state index >= 15 is 0 Å². The Morgan fingerprint density at radius 3 is 2.67 bits per heavy atom. The summed E-state index contributed by atoms with van der Waals surface area (Å²) in [6.07, 6.45) is 3.12. The third-order valence-corrected chi connectivity index (χ3v) is 9.37. The number of aliphatic hydroxyl groups excluding tert-OH is 1. The Morgan fingerprint density at radius 2 is 1.97 bits per heavy atom. The zero-order chi connectivity index (χ0) is 25.6. The number of aliphatic hydroxyl groups is 2. The highest BCUT2D eigenvalue weighted by Crippen LogP contribution is 2.49. The molecule has 6 N–H and O–H groups in total. The molecule has 2 bridgehead atoms. The van der Waals surface area contributed by atoms with Crippen molar-refractivity contribution in [3.8, 4) is 11.5 Å². The summed E-state index contributed by atoms with van der Waals surface area (Å²) in [4.78, 5) is 17.8. The van der Waals surface area contributed by atoms with Crippen LogP contribution in [0.3, 0.4) is 0 Å². The van der Waals surface area contributed by atoms with Gasteiger partial charge in [-0.1, -0.05) is 21.6 Å². The van der Waals surface area contributed by atoms with Crippen molar-refractivity contribution in [2.75, 3.05) is 5.75 Å². The van der Waals surface area contributed by atoms with Gasteiger partial charge in [-0.05, 0) is 39.5 Å². The van der Waals surface area contributed by atoms with Gasteiger partial charge >= 0.3 is 0 Å². The van der Waals surface area contributed by atoms with Crippen LogP contribution in [0.2, 0.25) is 0 Å². The van der Waals surface area contributed by atoms with Crippen LogP contribution in [0.4, 0.5) is 0 Å². The van der Waals surface area contributed by atoms with Gasteiger partial charge in [-0.25, -0.2) is 4.99 Å². The van der Waals surface area contributed by atoms with Gasteiger partial charge in [0, 0.05) is 41.5 Å². The summed E-state index contributed by atoms with van der Waals surface area (Å²) in [6.45, 7) is 3.43. The summed E-state index contributed by atoms with van der Waals surface area (Å²) >= 11 is 0. The first kappa shape index (κ1) is 25.6. The standard InChI is InChI=1S/C25H33N3O6S2/c1-25(2,31)19-8-14-21(34-19)15-11-36-35-10-12(28-24(26)27)7-16(29)18-9-17(30)20(23(15)33-18)22(14)32-13-5-3-4-6-13/h9,12-13,16,19,29,31H,3-8,10-11H2,1-2H3,(H4,26,27,28). The van der Waals surface area contributed by atoms with Gasteiger partial charge in [-0.15, -0.1) is 0 Å². The van der Waals surface area contributed by atoms with Crippen LogP contribution in [0.1, 0.15) is 68.9 Å². The van der Waals surface area contributed by atoms with E-state index in [2.05, 4.69) is 4.99 Å². The Hall–Kier alpha value is -2.08. The summed E-state index contributed by atoms with van der Waals surface area (Å²) in [5, 5.41) is 22.1. The van der Waals surface area contributed by atoms with Gasteiger partial charge in [0.25, 0.3) is 0 Å². The second-order valence-corrected chi connectivity index (χ2v) is 12.8. The first-order chi connectivity index (χ1) is 17.1. The molecule has 196 valence electrons. The highest BCUT2D eigenvalue weighted by Gasteiger charge is 2.41. The zero-order valence-electron chi connectivity index (χ0n) is 20.5. The molecular formula is C25H33N3O6S2. The van der Waals surface area contributed by atoms with Gasteiger partial charge in [0.2, 0.25) is 0 Å². The van der Waals surface area contributed by atoms with Crippen molar-refractivity contribution in [3.05, 3.63) is 33.2 Å². The molecule has 2 aromatic rings. The van der Waals surface area contributed by atoms with Crippen LogP contribution < -0.4 is 26.4 Å². The molecule has 3 atom stereocenters. The number of guanidine groups is 1. The number of hydrogen-bond donors (Lipinski definition) is 4. The van der Waals surface area contributed by atoms with Crippen LogP contribution in [0.25, 0.3) is 11.0 Å². The smallest absolute Gasteiger partial charge is 0.196 e. The van der Waals surface area contributed by atoms with Crippen molar-refractivity contribution in [1.82, 2.24) is 0 Å². The number of aliphatic imine (C=N–C) groups is 1. The quantitative estimate of drug-likeness (QED) is 0.261. The van der Waals surface area contributed by atoms with E-state index in [0.29, 0.717) is 40.4 Å². The van der Waals surface area contributed by atoms with Crippen LogP contribution in [0.5, 0.6) is 11.5 Å². The number of ether oxygens (including phenoxy) is 2. The zero-order valence-corrected chi connectivity index (χ0v) is 22.1. The molecule has 1 saturated carbocycles. The fourth-order valence-corrected chi connectivity index (χ4v) is 7.43. The monoisotopic (exact) mass is 535 g/mol. The highest BCUT2D eigenvalue weighted by atomic mass is 33.1. The second-order valence-electron chi connectivity index (χ2n) is 10.3. The molecule has 0 saturated heterocycles. The number of nitrogens with two attached hydrogens (primary N) is 2.